The summed E-state index contributed by atoms with van der Waals surface area (Å²) in [6.07, 6.45) is 1.73. The summed E-state index contributed by atoms with van der Waals surface area (Å²) < 4.78 is 19.2. The second-order valence-electron chi connectivity index (χ2n) is 5.72. The van der Waals surface area contributed by atoms with Crippen molar-refractivity contribution in [3.8, 4) is 5.75 Å². The number of hydrogen-bond donors (Lipinski definition) is 1. The zero-order valence-corrected chi connectivity index (χ0v) is 11.2. The number of rotatable bonds is 1. The van der Waals surface area contributed by atoms with E-state index in [0.717, 1.165) is 19.5 Å². The van der Waals surface area contributed by atoms with Gasteiger partial charge in [0.25, 0.3) is 0 Å². The summed E-state index contributed by atoms with van der Waals surface area (Å²) in [6.45, 7) is 4.56. The van der Waals surface area contributed by atoms with Crippen LogP contribution in [0, 0.1) is 11.7 Å². The van der Waals surface area contributed by atoms with Crippen LogP contribution in [0.2, 0.25) is 0 Å². The predicted octanol–water partition coefficient (Wildman–Crippen LogP) is 2.35. The zero-order valence-electron chi connectivity index (χ0n) is 11.2. The van der Waals surface area contributed by atoms with E-state index in [2.05, 4.69) is 11.8 Å². The maximum absolute atomic E-state index is 13.6. The first-order valence-corrected chi connectivity index (χ1v) is 7.00. The van der Waals surface area contributed by atoms with Crippen molar-refractivity contribution in [1.82, 2.24) is 4.90 Å². The number of benzene rings is 1. The summed E-state index contributed by atoms with van der Waals surface area (Å²) >= 11 is 0. The lowest BCUT2D eigenvalue weighted by molar-refractivity contribution is -0.0140. The highest BCUT2D eigenvalue weighted by atomic mass is 19.1. The molecule has 3 nitrogen and oxygen atoms in total. The van der Waals surface area contributed by atoms with Crippen LogP contribution in [0.5, 0.6) is 5.75 Å². The number of piperidine rings is 1. The van der Waals surface area contributed by atoms with Crippen LogP contribution in [0.1, 0.15) is 31.4 Å². The van der Waals surface area contributed by atoms with Gasteiger partial charge in [-0.05, 0) is 31.4 Å². The molecule has 3 atom stereocenters. The highest BCUT2D eigenvalue weighted by Gasteiger charge is 2.36. The number of likely N-dealkylation sites (tertiary alicyclic amines) is 1. The fraction of sp³-hybridized carbons (Fsp3) is 0.600. The van der Waals surface area contributed by atoms with Crippen molar-refractivity contribution in [2.75, 3.05) is 19.7 Å². The number of nitrogens with zero attached hydrogens (tertiary/aromatic N) is 1. The summed E-state index contributed by atoms with van der Waals surface area (Å²) in [5, 5.41) is 10.5. The van der Waals surface area contributed by atoms with E-state index in [9.17, 15) is 9.50 Å². The van der Waals surface area contributed by atoms with Crippen LogP contribution >= 0.6 is 0 Å². The molecular weight excluding hydrogens is 245 g/mol. The third kappa shape index (κ3) is 2.35. The van der Waals surface area contributed by atoms with Gasteiger partial charge in [0.1, 0.15) is 12.7 Å². The summed E-state index contributed by atoms with van der Waals surface area (Å²) in [7, 11) is 0. The Morgan fingerprint density at radius 1 is 1.42 bits per heavy atom. The standard InChI is InChI=1S/C15H20FNO2/c1-10-4-3-7-17(8-10)13-9-19-15-11(14(13)18)5-2-6-12(15)16/h2,5-6,10,13-14,18H,3-4,7-9H2,1H3. The van der Waals surface area contributed by atoms with E-state index in [1.165, 1.54) is 12.5 Å². The molecule has 2 heterocycles. The molecule has 0 saturated carbocycles. The third-order valence-corrected chi connectivity index (χ3v) is 4.24. The first-order valence-electron chi connectivity index (χ1n) is 7.00. The molecule has 0 radical (unpaired) electrons. The van der Waals surface area contributed by atoms with Crippen molar-refractivity contribution in [1.29, 1.82) is 0 Å². The smallest absolute Gasteiger partial charge is 0.165 e. The van der Waals surface area contributed by atoms with E-state index in [4.69, 9.17) is 4.74 Å². The molecule has 1 saturated heterocycles. The topological polar surface area (TPSA) is 32.7 Å². The van der Waals surface area contributed by atoms with Crippen molar-refractivity contribution >= 4 is 0 Å². The minimum atomic E-state index is -0.662. The van der Waals surface area contributed by atoms with Gasteiger partial charge >= 0.3 is 0 Å². The number of halogens is 1. The first-order chi connectivity index (χ1) is 9.16. The summed E-state index contributed by atoms with van der Waals surface area (Å²) in [6, 6.07) is 4.69. The summed E-state index contributed by atoms with van der Waals surface area (Å²) in [5.74, 6) is 0.480. The first kappa shape index (κ1) is 12.9. The molecule has 2 aliphatic rings. The lowest BCUT2D eigenvalue weighted by atomic mass is 9.93. The predicted molar refractivity (Wildman–Crippen MR) is 70.6 cm³/mol. The van der Waals surface area contributed by atoms with E-state index in [0.29, 0.717) is 18.1 Å². The van der Waals surface area contributed by atoms with Gasteiger partial charge in [0, 0.05) is 12.1 Å². The Bertz CT molecular complexity index is 465. The molecule has 3 rings (SSSR count). The lowest BCUT2D eigenvalue weighted by Gasteiger charge is -2.41. The molecule has 0 amide bonds. The van der Waals surface area contributed by atoms with Gasteiger partial charge in [0.15, 0.2) is 11.6 Å². The molecule has 1 aromatic rings. The summed E-state index contributed by atoms with van der Waals surface area (Å²) in [4.78, 5) is 2.28. The molecule has 2 aliphatic heterocycles. The fourth-order valence-electron chi connectivity index (χ4n) is 3.21. The molecule has 1 aromatic carbocycles. The minimum Gasteiger partial charge on any atom is -0.488 e. The fourth-order valence-corrected chi connectivity index (χ4v) is 3.21. The Balaban J connectivity index is 1.83. The third-order valence-electron chi connectivity index (χ3n) is 4.24. The number of hydrogen-bond acceptors (Lipinski definition) is 3. The van der Waals surface area contributed by atoms with Gasteiger partial charge in [-0.15, -0.1) is 0 Å². The molecule has 0 aliphatic carbocycles. The van der Waals surface area contributed by atoms with Crippen molar-refractivity contribution < 1.29 is 14.2 Å². The van der Waals surface area contributed by atoms with Crippen LogP contribution in [-0.2, 0) is 0 Å². The molecule has 0 spiro atoms. The van der Waals surface area contributed by atoms with Gasteiger partial charge in [0.2, 0.25) is 0 Å². The van der Waals surface area contributed by atoms with E-state index < -0.39 is 6.10 Å². The Morgan fingerprint density at radius 2 is 2.26 bits per heavy atom. The lowest BCUT2D eigenvalue weighted by Crippen LogP contribution is -2.49. The van der Waals surface area contributed by atoms with Crippen molar-refractivity contribution in [3.05, 3.63) is 29.6 Å². The van der Waals surface area contributed by atoms with E-state index in [-0.39, 0.29) is 17.6 Å². The van der Waals surface area contributed by atoms with Crippen molar-refractivity contribution in [2.45, 2.75) is 31.9 Å². The Morgan fingerprint density at radius 3 is 3.05 bits per heavy atom. The highest BCUT2D eigenvalue weighted by Crippen LogP contribution is 2.37. The van der Waals surface area contributed by atoms with Gasteiger partial charge < -0.3 is 9.84 Å². The Kier molecular flexibility index (Phi) is 3.46. The van der Waals surface area contributed by atoms with Crippen LogP contribution in [0.25, 0.3) is 0 Å². The maximum atomic E-state index is 13.6. The number of aliphatic hydroxyl groups is 1. The molecule has 3 unspecified atom stereocenters. The van der Waals surface area contributed by atoms with Crippen LogP contribution in [0.15, 0.2) is 18.2 Å². The average molecular weight is 265 g/mol. The van der Waals surface area contributed by atoms with E-state index in [1.54, 1.807) is 12.1 Å². The van der Waals surface area contributed by atoms with Crippen molar-refractivity contribution in [2.24, 2.45) is 5.92 Å². The van der Waals surface area contributed by atoms with E-state index in [1.807, 2.05) is 0 Å². The van der Waals surface area contributed by atoms with Gasteiger partial charge in [-0.25, -0.2) is 4.39 Å². The quantitative estimate of drug-likeness (QED) is 0.846. The molecule has 0 bridgehead atoms. The van der Waals surface area contributed by atoms with Crippen LogP contribution in [-0.4, -0.2) is 35.7 Å². The highest BCUT2D eigenvalue weighted by molar-refractivity contribution is 5.39. The van der Waals surface area contributed by atoms with Gasteiger partial charge in [-0.2, -0.15) is 0 Å². The molecule has 4 heteroatoms. The van der Waals surface area contributed by atoms with Crippen LogP contribution in [0.3, 0.4) is 0 Å². The molecule has 0 aromatic heterocycles. The molecule has 1 N–H and O–H groups in total. The Labute approximate surface area is 113 Å². The van der Waals surface area contributed by atoms with Crippen LogP contribution in [0.4, 0.5) is 4.39 Å². The van der Waals surface area contributed by atoms with Gasteiger partial charge in [-0.1, -0.05) is 19.1 Å². The average Bonchev–Trinajstić information content (AvgIpc) is 2.40. The SMILES string of the molecule is CC1CCCN(C2COc3c(F)cccc3C2O)C1. The number of aliphatic hydroxyl groups excluding tert-OH is 1. The molecule has 1 fully saturated rings. The van der Waals surface area contributed by atoms with E-state index >= 15 is 0 Å². The molecule has 19 heavy (non-hydrogen) atoms. The number of fused-ring (bicyclic) bond motifs is 1. The maximum Gasteiger partial charge on any atom is 0.165 e. The zero-order chi connectivity index (χ0) is 13.4. The normalized spacial score (nSPS) is 31.6. The van der Waals surface area contributed by atoms with Gasteiger partial charge in [0.05, 0.1) is 6.04 Å². The second kappa shape index (κ2) is 5.10. The number of para-hydroxylation sites is 1. The minimum absolute atomic E-state index is 0.0583. The number of ether oxygens (including phenoxy) is 1. The second-order valence-corrected chi connectivity index (χ2v) is 5.72. The largest absolute Gasteiger partial charge is 0.488 e. The van der Waals surface area contributed by atoms with Crippen LogP contribution < -0.4 is 4.74 Å². The van der Waals surface area contributed by atoms with Gasteiger partial charge in [-0.3, -0.25) is 4.90 Å². The Hall–Kier alpha value is -1.13. The van der Waals surface area contributed by atoms with Crippen molar-refractivity contribution in [3.63, 3.8) is 0 Å². The summed E-state index contributed by atoms with van der Waals surface area (Å²) in [5.41, 5.74) is 0.578. The molecular formula is C15H20FNO2. The monoisotopic (exact) mass is 265 g/mol. The molecule has 104 valence electrons.